The van der Waals surface area contributed by atoms with E-state index >= 15 is 0 Å². The minimum absolute atomic E-state index is 0.0432. The van der Waals surface area contributed by atoms with Crippen LogP contribution in [0, 0.1) is 0 Å². The Balaban J connectivity index is 1.69. The molecule has 0 saturated carbocycles. The Morgan fingerprint density at radius 2 is 1.87 bits per heavy atom. The molecule has 1 amide bonds. The molecule has 2 heterocycles. The van der Waals surface area contributed by atoms with Gasteiger partial charge >= 0.3 is 5.91 Å². The van der Waals surface area contributed by atoms with Gasteiger partial charge in [-0.15, -0.1) is 0 Å². The van der Waals surface area contributed by atoms with Crippen LogP contribution in [0.3, 0.4) is 0 Å². The quantitative estimate of drug-likeness (QED) is 0.857. The van der Waals surface area contributed by atoms with Gasteiger partial charge in [0.15, 0.2) is 5.76 Å². The van der Waals surface area contributed by atoms with E-state index in [9.17, 15) is 13.2 Å². The van der Waals surface area contributed by atoms with E-state index < -0.39 is 9.84 Å². The van der Waals surface area contributed by atoms with Crippen LogP contribution in [0.5, 0.6) is 0 Å². The Labute approximate surface area is 135 Å². The second-order valence-corrected chi connectivity index (χ2v) is 8.04. The number of oxazole rings is 1. The van der Waals surface area contributed by atoms with Gasteiger partial charge in [-0.05, 0) is 12.8 Å². The van der Waals surface area contributed by atoms with Crippen LogP contribution >= 0.6 is 0 Å². The first-order valence-electron chi connectivity index (χ1n) is 7.44. The van der Waals surface area contributed by atoms with Gasteiger partial charge in [-0.2, -0.15) is 0 Å². The third kappa shape index (κ3) is 3.44. The summed E-state index contributed by atoms with van der Waals surface area (Å²) in [6.45, 7) is 0.805. The highest BCUT2D eigenvalue weighted by molar-refractivity contribution is 7.91. The van der Waals surface area contributed by atoms with E-state index in [0.29, 0.717) is 31.7 Å². The molecule has 0 aliphatic carbocycles. The zero-order chi connectivity index (χ0) is 16.4. The van der Waals surface area contributed by atoms with Gasteiger partial charge in [-0.25, -0.2) is 13.4 Å². The summed E-state index contributed by atoms with van der Waals surface area (Å²) in [5, 5.41) is -0.365. The highest BCUT2D eigenvalue weighted by Gasteiger charge is 2.30. The molecule has 1 aliphatic heterocycles. The molecular formula is C16H18N2O4S. The summed E-state index contributed by atoms with van der Waals surface area (Å²) in [4.78, 5) is 18.1. The Kier molecular flexibility index (Phi) is 4.21. The molecule has 1 aromatic heterocycles. The standard InChI is InChI=1S/C16H18N2O4S/c1-23(20,21)13-7-9-18(10-8-13)16(19)15-17-11-14(22-15)12-5-3-2-4-6-12/h2-6,11,13H,7-10H2,1H3. The lowest BCUT2D eigenvalue weighted by atomic mass is 10.1. The van der Waals surface area contributed by atoms with Crippen molar-refractivity contribution in [2.75, 3.05) is 19.3 Å². The van der Waals surface area contributed by atoms with Gasteiger partial charge in [0.2, 0.25) is 0 Å². The molecule has 0 bridgehead atoms. The van der Waals surface area contributed by atoms with E-state index in [-0.39, 0.29) is 17.0 Å². The lowest BCUT2D eigenvalue weighted by Crippen LogP contribution is -2.42. The molecule has 0 unspecified atom stereocenters. The Morgan fingerprint density at radius 3 is 2.48 bits per heavy atom. The molecule has 3 rings (SSSR count). The topological polar surface area (TPSA) is 80.5 Å². The van der Waals surface area contributed by atoms with Crippen molar-refractivity contribution < 1.29 is 17.6 Å². The van der Waals surface area contributed by atoms with E-state index in [4.69, 9.17) is 4.42 Å². The first-order valence-corrected chi connectivity index (χ1v) is 9.40. The number of piperidine rings is 1. The number of rotatable bonds is 3. The number of carbonyl (C=O) groups is 1. The summed E-state index contributed by atoms with van der Waals surface area (Å²) in [7, 11) is -3.05. The highest BCUT2D eigenvalue weighted by Crippen LogP contribution is 2.22. The fourth-order valence-corrected chi connectivity index (χ4v) is 3.80. The van der Waals surface area contributed by atoms with Crippen LogP contribution in [-0.2, 0) is 9.84 Å². The summed E-state index contributed by atoms with van der Waals surface area (Å²) in [6, 6.07) is 9.43. The fraction of sp³-hybridized carbons (Fsp3) is 0.375. The van der Waals surface area contributed by atoms with Crippen molar-refractivity contribution in [1.29, 1.82) is 0 Å². The molecule has 23 heavy (non-hydrogen) atoms. The molecular weight excluding hydrogens is 316 g/mol. The van der Waals surface area contributed by atoms with E-state index in [0.717, 1.165) is 5.56 Å². The van der Waals surface area contributed by atoms with Crippen LogP contribution in [0.25, 0.3) is 11.3 Å². The maximum absolute atomic E-state index is 12.4. The van der Waals surface area contributed by atoms with Crippen molar-refractivity contribution in [1.82, 2.24) is 9.88 Å². The molecule has 7 heteroatoms. The number of sulfone groups is 1. The molecule has 6 nitrogen and oxygen atoms in total. The average Bonchev–Trinajstić information content (AvgIpc) is 3.04. The molecule has 122 valence electrons. The number of amides is 1. The first kappa shape index (κ1) is 15.7. The van der Waals surface area contributed by atoms with Gasteiger partial charge in [0.25, 0.3) is 5.89 Å². The van der Waals surface area contributed by atoms with Crippen LogP contribution in [-0.4, -0.2) is 48.8 Å². The number of hydrogen-bond donors (Lipinski definition) is 0. The highest BCUT2D eigenvalue weighted by atomic mass is 32.2. The molecule has 0 radical (unpaired) electrons. The number of hydrogen-bond acceptors (Lipinski definition) is 5. The van der Waals surface area contributed by atoms with Crippen molar-refractivity contribution >= 4 is 15.7 Å². The Morgan fingerprint density at radius 1 is 1.22 bits per heavy atom. The molecule has 1 saturated heterocycles. The number of likely N-dealkylation sites (tertiary alicyclic amines) is 1. The van der Waals surface area contributed by atoms with Crippen molar-refractivity contribution in [2.24, 2.45) is 0 Å². The number of carbonyl (C=O) groups excluding carboxylic acids is 1. The average molecular weight is 334 g/mol. The number of benzene rings is 1. The normalized spacial score (nSPS) is 16.5. The van der Waals surface area contributed by atoms with Gasteiger partial charge in [0.1, 0.15) is 9.84 Å². The van der Waals surface area contributed by atoms with Crippen molar-refractivity contribution in [2.45, 2.75) is 18.1 Å². The Bertz CT molecular complexity index is 790. The molecule has 2 aromatic rings. The predicted molar refractivity (Wildman–Crippen MR) is 85.7 cm³/mol. The number of nitrogens with zero attached hydrogens (tertiary/aromatic N) is 2. The van der Waals surface area contributed by atoms with Crippen LogP contribution in [0.2, 0.25) is 0 Å². The van der Waals surface area contributed by atoms with Crippen molar-refractivity contribution in [3.05, 3.63) is 42.4 Å². The van der Waals surface area contributed by atoms with Crippen LogP contribution in [0.15, 0.2) is 40.9 Å². The largest absolute Gasteiger partial charge is 0.432 e. The van der Waals surface area contributed by atoms with Gasteiger partial charge in [-0.3, -0.25) is 4.79 Å². The second-order valence-electron chi connectivity index (χ2n) is 5.72. The van der Waals surface area contributed by atoms with Crippen LogP contribution < -0.4 is 0 Å². The van der Waals surface area contributed by atoms with Gasteiger partial charge in [0.05, 0.1) is 11.4 Å². The molecule has 0 atom stereocenters. The summed E-state index contributed by atoms with van der Waals surface area (Å²) in [5.74, 6) is 0.292. The third-order valence-corrected chi connectivity index (χ3v) is 5.76. The number of aromatic nitrogens is 1. The van der Waals surface area contributed by atoms with Gasteiger partial charge < -0.3 is 9.32 Å². The molecule has 0 N–H and O–H groups in total. The lowest BCUT2D eigenvalue weighted by molar-refractivity contribution is 0.0686. The molecule has 1 aliphatic rings. The van der Waals surface area contributed by atoms with Gasteiger partial charge in [0, 0.05) is 24.9 Å². The maximum atomic E-state index is 12.4. The maximum Gasteiger partial charge on any atom is 0.309 e. The second kappa shape index (κ2) is 6.16. The van der Waals surface area contributed by atoms with Crippen molar-refractivity contribution in [3.63, 3.8) is 0 Å². The molecule has 1 aromatic carbocycles. The van der Waals surface area contributed by atoms with Crippen LogP contribution in [0.4, 0.5) is 0 Å². The van der Waals surface area contributed by atoms with E-state index in [1.54, 1.807) is 4.90 Å². The minimum atomic E-state index is -3.05. The summed E-state index contributed by atoms with van der Waals surface area (Å²) in [5.41, 5.74) is 0.856. The third-order valence-electron chi connectivity index (χ3n) is 4.08. The van der Waals surface area contributed by atoms with E-state index in [1.807, 2.05) is 30.3 Å². The monoisotopic (exact) mass is 334 g/mol. The van der Waals surface area contributed by atoms with Crippen molar-refractivity contribution in [3.8, 4) is 11.3 Å². The van der Waals surface area contributed by atoms with E-state index in [1.165, 1.54) is 12.5 Å². The Hall–Kier alpha value is -2.15. The minimum Gasteiger partial charge on any atom is -0.432 e. The summed E-state index contributed by atoms with van der Waals surface area (Å²) in [6.07, 6.45) is 3.69. The summed E-state index contributed by atoms with van der Waals surface area (Å²) >= 11 is 0. The predicted octanol–water partition coefficient (Wildman–Crippen LogP) is 1.99. The lowest BCUT2D eigenvalue weighted by Gasteiger charge is -2.30. The zero-order valence-electron chi connectivity index (χ0n) is 12.8. The summed E-state index contributed by atoms with van der Waals surface area (Å²) < 4.78 is 28.7. The van der Waals surface area contributed by atoms with Gasteiger partial charge in [-0.1, -0.05) is 30.3 Å². The van der Waals surface area contributed by atoms with Crippen LogP contribution in [0.1, 0.15) is 23.5 Å². The smallest absolute Gasteiger partial charge is 0.309 e. The molecule has 1 fully saturated rings. The van der Waals surface area contributed by atoms with E-state index in [2.05, 4.69) is 4.98 Å². The zero-order valence-corrected chi connectivity index (χ0v) is 13.6. The fourth-order valence-electron chi connectivity index (χ4n) is 2.73. The SMILES string of the molecule is CS(=O)(=O)C1CCN(C(=O)c2ncc(-c3ccccc3)o2)CC1. The first-order chi connectivity index (χ1) is 10.9. The molecule has 0 spiro atoms.